The normalized spacial score (nSPS) is 10.3. The Morgan fingerprint density at radius 2 is 1.89 bits per heavy atom. The number of hydrogen-bond donors (Lipinski definition) is 0. The lowest BCUT2D eigenvalue weighted by Crippen LogP contribution is -1.91. The van der Waals surface area contributed by atoms with Crippen molar-refractivity contribution in [3.05, 3.63) is 61.6 Å². The first-order valence-corrected chi connectivity index (χ1v) is 6.52. The number of nitro benzene ring substituents is 1. The molecular weight excluding hydrogens is 334 g/mol. The van der Waals surface area contributed by atoms with Gasteiger partial charge in [0.2, 0.25) is 0 Å². The highest BCUT2D eigenvalue weighted by Crippen LogP contribution is 2.35. The van der Waals surface area contributed by atoms with Gasteiger partial charge in [0.15, 0.2) is 0 Å². The van der Waals surface area contributed by atoms with Gasteiger partial charge in [0, 0.05) is 16.6 Å². The largest absolute Gasteiger partial charge is 0.456 e. The Bertz CT molecular complexity index is 605. The number of halogens is 2. The van der Waals surface area contributed by atoms with Crippen LogP contribution in [-0.4, -0.2) is 4.92 Å². The predicted molar refractivity (Wildman–Crippen MR) is 77.1 cm³/mol. The van der Waals surface area contributed by atoms with E-state index in [1.54, 1.807) is 6.07 Å². The lowest BCUT2D eigenvalue weighted by molar-refractivity contribution is -0.384. The highest BCUT2D eigenvalue weighted by atomic mass is 79.9. The number of aryl methyl sites for hydroxylation is 1. The molecule has 98 valence electrons. The summed E-state index contributed by atoms with van der Waals surface area (Å²) in [4.78, 5) is 10.1. The second kappa shape index (κ2) is 5.59. The zero-order valence-electron chi connectivity index (χ0n) is 9.89. The number of nitrogens with zero attached hydrogens (tertiary/aromatic N) is 1. The molecule has 4 nitrogen and oxygen atoms in total. The molecule has 2 aromatic carbocycles. The topological polar surface area (TPSA) is 52.4 Å². The number of benzene rings is 2. The second-order valence-electron chi connectivity index (χ2n) is 3.89. The minimum Gasteiger partial charge on any atom is -0.456 e. The molecule has 2 aromatic rings. The first kappa shape index (κ1) is 13.8. The van der Waals surface area contributed by atoms with Crippen LogP contribution in [0.25, 0.3) is 0 Å². The molecule has 19 heavy (non-hydrogen) atoms. The molecule has 0 heterocycles. The summed E-state index contributed by atoms with van der Waals surface area (Å²) in [6.07, 6.45) is 0. The Morgan fingerprint density at radius 3 is 2.42 bits per heavy atom. The van der Waals surface area contributed by atoms with Crippen molar-refractivity contribution in [1.29, 1.82) is 0 Å². The molecule has 0 spiro atoms. The summed E-state index contributed by atoms with van der Waals surface area (Å²) in [7, 11) is 0. The van der Waals surface area contributed by atoms with Crippen LogP contribution in [0, 0.1) is 17.0 Å². The van der Waals surface area contributed by atoms with E-state index in [0.717, 1.165) is 10.0 Å². The lowest BCUT2D eigenvalue weighted by atomic mass is 10.2. The van der Waals surface area contributed by atoms with Gasteiger partial charge in [-0.2, -0.15) is 0 Å². The fraction of sp³-hybridized carbons (Fsp3) is 0.0769. The van der Waals surface area contributed by atoms with E-state index in [1.165, 1.54) is 24.3 Å². The van der Waals surface area contributed by atoms with E-state index in [-0.39, 0.29) is 5.69 Å². The minimum atomic E-state index is -0.457. The molecule has 0 N–H and O–H groups in total. The van der Waals surface area contributed by atoms with Gasteiger partial charge in [-0.25, -0.2) is 0 Å². The standard InChI is InChI=1S/C13H9BrClNO3/c1-8-6-9(14)7-12(15)13(8)19-11-4-2-10(3-5-11)16(17)18/h2-7H,1H3. The van der Waals surface area contributed by atoms with Gasteiger partial charge in [0.05, 0.1) is 9.95 Å². The minimum absolute atomic E-state index is 0.0194. The van der Waals surface area contributed by atoms with E-state index < -0.39 is 4.92 Å². The summed E-state index contributed by atoms with van der Waals surface area (Å²) >= 11 is 9.45. The summed E-state index contributed by atoms with van der Waals surface area (Å²) in [6.45, 7) is 1.87. The third-order valence-electron chi connectivity index (χ3n) is 2.46. The molecule has 0 bridgehead atoms. The van der Waals surface area contributed by atoms with Crippen LogP contribution in [0.3, 0.4) is 0 Å². The third-order valence-corrected chi connectivity index (χ3v) is 3.20. The molecule has 0 aliphatic carbocycles. The number of rotatable bonds is 3. The Hall–Kier alpha value is -1.59. The molecule has 0 aliphatic heterocycles. The van der Waals surface area contributed by atoms with Crippen molar-refractivity contribution >= 4 is 33.2 Å². The fourth-order valence-electron chi connectivity index (χ4n) is 1.57. The Labute approximate surface area is 123 Å². The van der Waals surface area contributed by atoms with E-state index in [4.69, 9.17) is 16.3 Å². The van der Waals surface area contributed by atoms with E-state index in [1.807, 2.05) is 13.0 Å². The van der Waals surface area contributed by atoms with Crippen molar-refractivity contribution in [3.8, 4) is 11.5 Å². The van der Waals surface area contributed by atoms with Crippen LogP contribution in [0.4, 0.5) is 5.69 Å². The van der Waals surface area contributed by atoms with E-state index in [9.17, 15) is 10.1 Å². The summed E-state index contributed by atoms with van der Waals surface area (Å²) in [5.41, 5.74) is 0.892. The summed E-state index contributed by atoms with van der Waals surface area (Å²) in [5.74, 6) is 1.04. The molecule has 0 radical (unpaired) electrons. The van der Waals surface area contributed by atoms with Gasteiger partial charge in [-0.3, -0.25) is 10.1 Å². The molecule has 2 rings (SSSR count). The van der Waals surface area contributed by atoms with Gasteiger partial charge in [-0.05, 0) is 36.8 Å². The first-order chi connectivity index (χ1) is 8.97. The molecular formula is C13H9BrClNO3. The molecule has 0 fully saturated rings. The van der Waals surface area contributed by atoms with Gasteiger partial charge < -0.3 is 4.74 Å². The Kier molecular flexibility index (Phi) is 4.07. The van der Waals surface area contributed by atoms with Crippen molar-refractivity contribution in [2.24, 2.45) is 0 Å². The molecule has 0 saturated carbocycles. The van der Waals surface area contributed by atoms with Gasteiger partial charge in [0.1, 0.15) is 11.5 Å². The fourth-order valence-corrected chi connectivity index (χ4v) is 2.58. The molecule has 0 saturated heterocycles. The van der Waals surface area contributed by atoms with Gasteiger partial charge in [-0.15, -0.1) is 0 Å². The lowest BCUT2D eigenvalue weighted by Gasteiger charge is -2.11. The third kappa shape index (κ3) is 3.24. The van der Waals surface area contributed by atoms with Crippen LogP contribution in [0.15, 0.2) is 40.9 Å². The maximum absolute atomic E-state index is 10.6. The van der Waals surface area contributed by atoms with Crippen LogP contribution < -0.4 is 4.74 Å². The molecule has 6 heteroatoms. The van der Waals surface area contributed by atoms with Crippen LogP contribution in [-0.2, 0) is 0 Å². The maximum atomic E-state index is 10.6. The van der Waals surface area contributed by atoms with Crippen molar-refractivity contribution in [2.45, 2.75) is 6.92 Å². The summed E-state index contributed by atoms with van der Waals surface area (Å²) < 4.78 is 6.52. The molecule has 0 unspecified atom stereocenters. The maximum Gasteiger partial charge on any atom is 0.269 e. The SMILES string of the molecule is Cc1cc(Br)cc(Cl)c1Oc1ccc([N+](=O)[O-])cc1. The van der Waals surface area contributed by atoms with Crippen LogP contribution in [0.5, 0.6) is 11.5 Å². The average molecular weight is 343 g/mol. The van der Waals surface area contributed by atoms with Gasteiger partial charge >= 0.3 is 0 Å². The quantitative estimate of drug-likeness (QED) is 0.575. The van der Waals surface area contributed by atoms with Crippen LogP contribution in [0.2, 0.25) is 5.02 Å². The molecule has 0 aromatic heterocycles. The zero-order chi connectivity index (χ0) is 14.0. The van der Waals surface area contributed by atoms with Crippen LogP contribution >= 0.6 is 27.5 Å². The number of hydrogen-bond acceptors (Lipinski definition) is 3. The van der Waals surface area contributed by atoms with E-state index >= 15 is 0 Å². The van der Waals surface area contributed by atoms with Gasteiger partial charge in [-0.1, -0.05) is 27.5 Å². The van der Waals surface area contributed by atoms with Crippen molar-refractivity contribution in [2.75, 3.05) is 0 Å². The predicted octanol–water partition coefficient (Wildman–Crippen LogP) is 5.11. The zero-order valence-corrected chi connectivity index (χ0v) is 12.2. The van der Waals surface area contributed by atoms with Crippen molar-refractivity contribution in [1.82, 2.24) is 0 Å². The Balaban J connectivity index is 2.29. The summed E-state index contributed by atoms with van der Waals surface area (Å²) in [5, 5.41) is 11.0. The second-order valence-corrected chi connectivity index (χ2v) is 5.21. The highest BCUT2D eigenvalue weighted by molar-refractivity contribution is 9.10. The Morgan fingerprint density at radius 1 is 1.26 bits per heavy atom. The number of ether oxygens (including phenoxy) is 1. The van der Waals surface area contributed by atoms with Crippen molar-refractivity contribution < 1.29 is 9.66 Å². The van der Waals surface area contributed by atoms with Crippen molar-refractivity contribution in [3.63, 3.8) is 0 Å². The molecule has 0 amide bonds. The summed E-state index contributed by atoms with van der Waals surface area (Å²) in [6, 6.07) is 9.46. The average Bonchev–Trinajstić information content (AvgIpc) is 2.34. The first-order valence-electron chi connectivity index (χ1n) is 5.35. The number of nitro groups is 1. The smallest absolute Gasteiger partial charge is 0.269 e. The molecule has 0 aliphatic rings. The van der Waals surface area contributed by atoms with Gasteiger partial charge in [0.25, 0.3) is 5.69 Å². The number of non-ortho nitro benzene ring substituents is 1. The molecule has 0 atom stereocenters. The monoisotopic (exact) mass is 341 g/mol. The van der Waals surface area contributed by atoms with E-state index in [0.29, 0.717) is 16.5 Å². The van der Waals surface area contributed by atoms with Crippen LogP contribution in [0.1, 0.15) is 5.56 Å². The highest BCUT2D eigenvalue weighted by Gasteiger charge is 2.10. The van der Waals surface area contributed by atoms with E-state index in [2.05, 4.69) is 15.9 Å².